The number of rotatable bonds is 6. The third-order valence-electron chi connectivity index (χ3n) is 13.2. The molecular weight excluding hydrogens is 482 g/mol. The summed E-state index contributed by atoms with van der Waals surface area (Å²) in [7, 11) is 0. The Morgan fingerprint density at radius 2 is 1.69 bits per heavy atom. The molecular formula is C35H51NO3. The first-order chi connectivity index (χ1) is 18.5. The Labute approximate surface area is 236 Å². The van der Waals surface area contributed by atoms with E-state index >= 15 is 0 Å². The highest BCUT2D eigenvalue weighted by atomic mass is 16.3. The summed E-state index contributed by atoms with van der Waals surface area (Å²) in [5.41, 5.74) is -0.0731. The highest BCUT2D eigenvalue weighted by molar-refractivity contribution is 6.08. The van der Waals surface area contributed by atoms with Crippen LogP contribution >= 0.6 is 0 Å². The second-order valence-electron chi connectivity index (χ2n) is 15.4. The molecule has 1 heterocycles. The fourth-order valence-corrected chi connectivity index (χ4v) is 11.1. The molecule has 1 aromatic rings. The standard InChI is InChI=1S/C35H51NO3/c1-21(2)9-8-10-22(3)25-15-16-26-24-14-13-23-19-31(37)29(20-34(23,5)27(24)17-18-33(25,26)4)35(39)28-11-6-7-12-30(28)36-32(35)38/h6-7,11-12,21-27,29,39H,8-10,13-20H2,1-5H3,(H,36,38)/t22-,23+,24+,25-,26+,27+,29+,33-,34+,35-/m1/s1. The molecule has 0 unspecified atom stereocenters. The van der Waals surface area contributed by atoms with Gasteiger partial charge in [0.15, 0.2) is 5.60 Å². The van der Waals surface area contributed by atoms with Crippen LogP contribution in [0, 0.1) is 58.2 Å². The molecule has 4 fully saturated rings. The van der Waals surface area contributed by atoms with Gasteiger partial charge in [-0.2, -0.15) is 0 Å². The molecule has 214 valence electrons. The maximum Gasteiger partial charge on any atom is 0.261 e. The third kappa shape index (κ3) is 4.09. The molecule has 0 saturated heterocycles. The van der Waals surface area contributed by atoms with Crippen LogP contribution in [-0.2, 0) is 15.2 Å². The zero-order valence-corrected chi connectivity index (χ0v) is 25.0. The number of amides is 1. The van der Waals surface area contributed by atoms with Crippen LogP contribution in [0.3, 0.4) is 0 Å². The number of carbonyl (C=O) groups is 2. The first kappa shape index (κ1) is 27.5. The van der Waals surface area contributed by atoms with E-state index in [9.17, 15) is 14.7 Å². The van der Waals surface area contributed by atoms with E-state index in [0.29, 0.717) is 47.3 Å². The topological polar surface area (TPSA) is 66.4 Å². The first-order valence-corrected chi connectivity index (χ1v) is 16.2. The molecule has 0 spiro atoms. The van der Waals surface area contributed by atoms with Crippen molar-refractivity contribution in [3.63, 3.8) is 0 Å². The molecule has 2 N–H and O–H groups in total. The second-order valence-corrected chi connectivity index (χ2v) is 15.4. The van der Waals surface area contributed by atoms with Crippen molar-refractivity contribution in [3.8, 4) is 0 Å². The number of anilines is 1. The smallest absolute Gasteiger partial charge is 0.261 e. The molecule has 4 saturated carbocycles. The Kier molecular flexibility index (Phi) is 6.84. The number of hydrogen-bond donors (Lipinski definition) is 2. The fourth-order valence-electron chi connectivity index (χ4n) is 11.1. The molecule has 1 aromatic carbocycles. The molecule has 0 aromatic heterocycles. The van der Waals surface area contributed by atoms with Gasteiger partial charge >= 0.3 is 0 Å². The predicted octanol–water partition coefficient (Wildman–Crippen LogP) is 7.74. The van der Waals surface area contributed by atoms with Crippen molar-refractivity contribution in [1.29, 1.82) is 0 Å². The van der Waals surface area contributed by atoms with Gasteiger partial charge in [-0.15, -0.1) is 0 Å². The lowest BCUT2D eigenvalue weighted by Gasteiger charge is -2.62. The quantitative estimate of drug-likeness (QED) is 0.393. The summed E-state index contributed by atoms with van der Waals surface area (Å²) in [4.78, 5) is 26.9. The number of nitrogens with one attached hydrogen (secondary N) is 1. The maximum absolute atomic E-state index is 13.6. The van der Waals surface area contributed by atoms with Crippen molar-refractivity contribution in [2.75, 3.05) is 5.32 Å². The van der Waals surface area contributed by atoms with Gasteiger partial charge in [-0.05, 0) is 103 Å². The van der Waals surface area contributed by atoms with Gasteiger partial charge in [0.25, 0.3) is 5.91 Å². The minimum absolute atomic E-state index is 0.00264. The van der Waals surface area contributed by atoms with Crippen molar-refractivity contribution in [2.45, 2.75) is 111 Å². The molecule has 6 rings (SSSR count). The summed E-state index contributed by atoms with van der Waals surface area (Å²) in [6, 6.07) is 7.39. The monoisotopic (exact) mass is 533 g/mol. The summed E-state index contributed by atoms with van der Waals surface area (Å²) >= 11 is 0. The minimum atomic E-state index is -1.75. The number of Topliss-reactive ketones (excluding diaryl/α,β-unsaturated/α-hetero) is 1. The molecule has 4 aliphatic carbocycles. The van der Waals surface area contributed by atoms with E-state index in [1.807, 2.05) is 24.3 Å². The van der Waals surface area contributed by atoms with E-state index in [0.717, 1.165) is 30.1 Å². The molecule has 0 radical (unpaired) electrons. The highest BCUT2D eigenvalue weighted by Crippen LogP contribution is 2.69. The van der Waals surface area contributed by atoms with E-state index in [2.05, 4.69) is 39.9 Å². The third-order valence-corrected chi connectivity index (χ3v) is 13.2. The average Bonchev–Trinajstić information content (AvgIpc) is 3.38. The van der Waals surface area contributed by atoms with E-state index < -0.39 is 17.4 Å². The molecule has 4 nitrogen and oxygen atoms in total. The molecule has 1 amide bonds. The van der Waals surface area contributed by atoms with Crippen molar-refractivity contribution >= 4 is 17.4 Å². The van der Waals surface area contributed by atoms with Gasteiger partial charge in [-0.3, -0.25) is 9.59 Å². The minimum Gasteiger partial charge on any atom is -0.375 e. The Balaban J connectivity index is 1.24. The lowest BCUT2D eigenvalue weighted by Crippen LogP contribution is -2.58. The van der Waals surface area contributed by atoms with Gasteiger partial charge in [0, 0.05) is 17.7 Å². The molecule has 10 atom stereocenters. The Morgan fingerprint density at radius 3 is 2.46 bits per heavy atom. The number of carbonyl (C=O) groups excluding carboxylic acids is 2. The van der Waals surface area contributed by atoms with E-state index in [-0.39, 0.29) is 11.2 Å². The Hall–Kier alpha value is -1.68. The van der Waals surface area contributed by atoms with Crippen LogP contribution in [0.4, 0.5) is 5.69 Å². The molecule has 39 heavy (non-hydrogen) atoms. The maximum atomic E-state index is 13.6. The summed E-state index contributed by atoms with van der Waals surface area (Å²) in [6.45, 7) is 12.3. The van der Waals surface area contributed by atoms with Crippen LogP contribution < -0.4 is 5.32 Å². The van der Waals surface area contributed by atoms with Crippen LogP contribution in [0.5, 0.6) is 0 Å². The largest absolute Gasteiger partial charge is 0.375 e. The van der Waals surface area contributed by atoms with Crippen LogP contribution in [0.15, 0.2) is 24.3 Å². The lowest BCUT2D eigenvalue weighted by molar-refractivity contribution is -0.171. The average molecular weight is 534 g/mol. The van der Waals surface area contributed by atoms with Gasteiger partial charge in [0.1, 0.15) is 5.78 Å². The molecule has 5 aliphatic rings. The van der Waals surface area contributed by atoms with Gasteiger partial charge in [-0.25, -0.2) is 0 Å². The molecule has 0 bridgehead atoms. The van der Waals surface area contributed by atoms with Crippen LogP contribution in [0.2, 0.25) is 0 Å². The number of para-hydroxylation sites is 1. The van der Waals surface area contributed by atoms with Crippen LogP contribution in [0.1, 0.15) is 111 Å². The van der Waals surface area contributed by atoms with Crippen molar-refractivity contribution in [3.05, 3.63) is 29.8 Å². The number of fused-ring (bicyclic) bond motifs is 6. The van der Waals surface area contributed by atoms with Gasteiger partial charge in [-0.1, -0.05) is 72.1 Å². The SMILES string of the molecule is CC(C)CCC[C@@H](C)[C@H]1CC[C@H]2[C@@H]3CC[C@H]4CC(=O)[C@@H]([C@@]5(O)C(=O)Nc6ccccc65)C[C@]4(C)[C@H]3CC[C@]12C. The van der Waals surface area contributed by atoms with E-state index in [1.54, 1.807) is 0 Å². The summed E-state index contributed by atoms with van der Waals surface area (Å²) in [5.74, 6) is 3.89. The van der Waals surface area contributed by atoms with Crippen LogP contribution in [0.25, 0.3) is 0 Å². The number of hydrogen-bond acceptors (Lipinski definition) is 3. The zero-order chi connectivity index (χ0) is 27.7. The lowest BCUT2D eigenvalue weighted by atomic mass is 9.43. The van der Waals surface area contributed by atoms with Gasteiger partial charge in [0.2, 0.25) is 0 Å². The van der Waals surface area contributed by atoms with Gasteiger partial charge < -0.3 is 10.4 Å². The number of ketones is 1. The highest BCUT2D eigenvalue weighted by Gasteiger charge is 2.64. The van der Waals surface area contributed by atoms with Crippen LogP contribution in [-0.4, -0.2) is 16.8 Å². The number of benzene rings is 1. The normalized spacial score (nSPS) is 43.9. The van der Waals surface area contributed by atoms with E-state index in [1.165, 1.54) is 51.4 Å². The summed E-state index contributed by atoms with van der Waals surface area (Å²) < 4.78 is 0. The molecule has 4 heteroatoms. The zero-order valence-electron chi connectivity index (χ0n) is 25.0. The second kappa shape index (κ2) is 9.71. The Morgan fingerprint density at radius 1 is 0.949 bits per heavy atom. The predicted molar refractivity (Wildman–Crippen MR) is 156 cm³/mol. The fraction of sp³-hybridized carbons (Fsp3) is 0.771. The summed E-state index contributed by atoms with van der Waals surface area (Å²) in [6.07, 6.45) is 12.9. The number of aliphatic hydroxyl groups is 1. The molecule has 1 aliphatic heterocycles. The Bertz CT molecular complexity index is 1130. The van der Waals surface area contributed by atoms with Crippen molar-refractivity contribution in [2.24, 2.45) is 58.2 Å². The van der Waals surface area contributed by atoms with Crippen molar-refractivity contribution < 1.29 is 14.7 Å². The summed E-state index contributed by atoms with van der Waals surface area (Å²) in [5, 5.41) is 14.8. The van der Waals surface area contributed by atoms with E-state index in [4.69, 9.17) is 0 Å². The van der Waals surface area contributed by atoms with Crippen molar-refractivity contribution in [1.82, 2.24) is 0 Å². The first-order valence-electron chi connectivity index (χ1n) is 16.2. The van der Waals surface area contributed by atoms with Gasteiger partial charge in [0.05, 0.1) is 5.92 Å².